The predicted octanol–water partition coefficient (Wildman–Crippen LogP) is 6.06. The summed E-state index contributed by atoms with van der Waals surface area (Å²) in [7, 11) is 0. The first-order valence-corrected chi connectivity index (χ1v) is 15.2. The molecule has 0 unspecified atom stereocenters. The molecule has 8 nitrogen and oxygen atoms in total. The first kappa shape index (κ1) is 30.4. The molecule has 43 heavy (non-hydrogen) atoms. The number of thioether (sulfide) groups is 1. The highest BCUT2D eigenvalue weighted by atomic mass is 32.2. The van der Waals surface area contributed by atoms with Gasteiger partial charge in [0.2, 0.25) is 5.91 Å². The summed E-state index contributed by atoms with van der Waals surface area (Å²) in [5.74, 6) is -0.563. The van der Waals surface area contributed by atoms with Crippen molar-refractivity contribution in [2.24, 2.45) is 0 Å². The Balaban J connectivity index is 1.31. The molecule has 1 fully saturated rings. The Kier molecular flexibility index (Phi) is 10.6. The fourth-order valence-corrected chi connectivity index (χ4v) is 5.79. The molecule has 5 rings (SSSR count). The lowest BCUT2D eigenvalue weighted by atomic mass is 9.97. The van der Waals surface area contributed by atoms with Crippen molar-refractivity contribution in [3.05, 3.63) is 119 Å². The number of hydrogen-bond acceptors (Lipinski definition) is 7. The first-order chi connectivity index (χ1) is 21.0. The average molecular weight is 599 g/mol. The summed E-state index contributed by atoms with van der Waals surface area (Å²) < 4.78 is 13.0. The molecule has 1 aromatic heterocycles. The number of carbonyl (C=O) groups is 2. The van der Waals surface area contributed by atoms with E-state index in [4.69, 9.17) is 14.6 Å². The van der Waals surface area contributed by atoms with E-state index in [1.165, 1.54) is 0 Å². The van der Waals surface area contributed by atoms with Crippen molar-refractivity contribution >= 4 is 23.6 Å². The summed E-state index contributed by atoms with van der Waals surface area (Å²) in [5.41, 5.74) is 5.67. The van der Waals surface area contributed by atoms with Crippen molar-refractivity contribution in [2.75, 3.05) is 5.75 Å². The minimum absolute atomic E-state index is 0.00650. The number of aliphatic carboxylic acids is 1. The first-order valence-electron chi connectivity index (χ1n) is 14.2. The van der Waals surface area contributed by atoms with Gasteiger partial charge in [-0.2, -0.15) is 0 Å². The van der Waals surface area contributed by atoms with Crippen LogP contribution in [-0.2, 0) is 32.2 Å². The minimum atomic E-state index is -0.995. The fraction of sp³-hybridized carbons (Fsp3) is 0.265. The molecular formula is C34H34N2O6S. The van der Waals surface area contributed by atoms with Gasteiger partial charge in [0.05, 0.1) is 30.3 Å². The lowest BCUT2D eigenvalue weighted by Gasteiger charge is -2.36. The Labute approximate surface area is 255 Å². The van der Waals surface area contributed by atoms with Crippen LogP contribution in [0.5, 0.6) is 0 Å². The summed E-state index contributed by atoms with van der Waals surface area (Å²) in [5, 5.41) is 22.1. The van der Waals surface area contributed by atoms with Gasteiger partial charge in [-0.25, -0.2) is 4.98 Å². The molecule has 4 aromatic rings. The van der Waals surface area contributed by atoms with Crippen molar-refractivity contribution in [2.45, 2.75) is 55.9 Å². The second-order valence-electron chi connectivity index (χ2n) is 10.3. The topological polar surface area (TPSA) is 118 Å². The van der Waals surface area contributed by atoms with Crippen molar-refractivity contribution in [3.8, 4) is 11.1 Å². The normalized spacial score (nSPS) is 18.2. The molecule has 222 valence electrons. The van der Waals surface area contributed by atoms with Gasteiger partial charge < -0.3 is 25.0 Å². The Morgan fingerprint density at radius 2 is 1.63 bits per heavy atom. The molecule has 1 aliphatic rings. The second kappa shape index (κ2) is 14.9. The third-order valence-corrected chi connectivity index (χ3v) is 8.30. The number of nitrogens with one attached hydrogen (secondary N) is 1. The molecule has 9 heteroatoms. The van der Waals surface area contributed by atoms with Gasteiger partial charge in [-0.05, 0) is 39.9 Å². The Bertz CT molecular complexity index is 1500. The van der Waals surface area contributed by atoms with Gasteiger partial charge in [-0.3, -0.25) is 9.59 Å². The van der Waals surface area contributed by atoms with Crippen LogP contribution in [0, 0.1) is 0 Å². The third kappa shape index (κ3) is 8.52. The van der Waals surface area contributed by atoms with Gasteiger partial charge in [0.15, 0.2) is 6.29 Å². The molecule has 3 N–H and O–H groups in total. The standard InChI is InChI=1S/C34H34N2O6S/c37-21-23-8-10-25(11-9-23)30-19-28(22-43-32-7-3-4-18-35-32)41-34(42-30)26-14-12-24(13-15-26)29-6-2-1-5-27(29)20-36-31(38)16-17-33(39)40/h1-15,18,28,30,34,37H,16-17,19-22H2,(H,36,38)(H,39,40)/t28-,30+,34+/m0/s1. The van der Waals surface area contributed by atoms with Crippen LogP contribution in [0.3, 0.4) is 0 Å². The third-order valence-electron chi connectivity index (χ3n) is 7.22. The van der Waals surface area contributed by atoms with E-state index in [-0.39, 0.29) is 37.6 Å². The maximum Gasteiger partial charge on any atom is 0.303 e. The van der Waals surface area contributed by atoms with E-state index in [1.54, 1.807) is 18.0 Å². The van der Waals surface area contributed by atoms with Gasteiger partial charge in [0, 0.05) is 36.9 Å². The molecule has 3 atom stereocenters. The lowest BCUT2D eigenvalue weighted by molar-refractivity contribution is -0.245. The van der Waals surface area contributed by atoms with Gasteiger partial charge in [0.1, 0.15) is 0 Å². The highest BCUT2D eigenvalue weighted by molar-refractivity contribution is 7.99. The molecule has 1 aliphatic heterocycles. The van der Waals surface area contributed by atoms with E-state index in [9.17, 15) is 14.7 Å². The number of carboxylic acid groups (broad SMARTS) is 1. The zero-order valence-corrected chi connectivity index (χ0v) is 24.4. The predicted molar refractivity (Wildman–Crippen MR) is 164 cm³/mol. The number of aliphatic hydroxyl groups is 1. The number of pyridine rings is 1. The number of ether oxygens (including phenoxy) is 2. The smallest absolute Gasteiger partial charge is 0.303 e. The molecule has 0 saturated carbocycles. The van der Waals surface area contributed by atoms with Crippen LogP contribution in [0.1, 0.15) is 53.9 Å². The van der Waals surface area contributed by atoms with Gasteiger partial charge in [0.25, 0.3) is 0 Å². The Morgan fingerprint density at radius 1 is 0.884 bits per heavy atom. The Morgan fingerprint density at radius 3 is 2.35 bits per heavy atom. The van der Waals surface area contributed by atoms with Crippen LogP contribution in [-0.4, -0.2) is 38.9 Å². The zero-order valence-electron chi connectivity index (χ0n) is 23.6. The molecule has 3 aromatic carbocycles. The summed E-state index contributed by atoms with van der Waals surface area (Å²) in [6.45, 7) is 0.297. The number of rotatable bonds is 12. The molecule has 0 aliphatic carbocycles. The van der Waals surface area contributed by atoms with E-state index in [0.29, 0.717) is 13.0 Å². The maximum absolute atomic E-state index is 12.1. The van der Waals surface area contributed by atoms with Crippen LogP contribution >= 0.6 is 11.8 Å². The maximum atomic E-state index is 12.1. The number of nitrogens with zero attached hydrogens (tertiary/aromatic N) is 1. The minimum Gasteiger partial charge on any atom is -0.481 e. The number of benzene rings is 3. The van der Waals surface area contributed by atoms with E-state index in [0.717, 1.165) is 44.2 Å². The van der Waals surface area contributed by atoms with Crippen LogP contribution in [0.4, 0.5) is 0 Å². The summed E-state index contributed by atoms with van der Waals surface area (Å²) >= 11 is 1.66. The number of carboxylic acids is 1. The quantitative estimate of drug-likeness (QED) is 0.169. The van der Waals surface area contributed by atoms with Crippen LogP contribution in [0.2, 0.25) is 0 Å². The fourth-order valence-electron chi connectivity index (χ4n) is 4.91. The Hall–Kier alpha value is -4.02. The van der Waals surface area contributed by atoms with E-state index in [2.05, 4.69) is 10.3 Å². The van der Waals surface area contributed by atoms with E-state index >= 15 is 0 Å². The molecule has 0 spiro atoms. The van der Waals surface area contributed by atoms with Crippen LogP contribution in [0.15, 0.2) is 102 Å². The van der Waals surface area contributed by atoms with Gasteiger partial charge in [-0.15, -0.1) is 11.8 Å². The molecule has 2 heterocycles. The number of aromatic nitrogens is 1. The van der Waals surface area contributed by atoms with Crippen LogP contribution in [0.25, 0.3) is 11.1 Å². The van der Waals surface area contributed by atoms with Crippen molar-refractivity contribution < 1.29 is 29.3 Å². The number of aliphatic hydroxyl groups excluding tert-OH is 1. The molecule has 0 bridgehead atoms. The zero-order chi connectivity index (χ0) is 30.0. The molecule has 1 amide bonds. The van der Waals surface area contributed by atoms with E-state index < -0.39 is 12.3 Å². The van der Waals surface area contributed by atoms with Crippen LogP contribution < -0.4 is 5.32 Å². The summed E-state index contributed by atoms with van der Waals surface area (Å²) in [6.07, 6.45) is 1.42. The summed E-state index contributed by atoms with van der Waals surface area (Å²) in [4.78, 5) is 27.3. The van der Waals surface area contributed by atoms with Gasteiger partial charge >= 0.3 is 5.97 Å². The lowest BCUT2D eigenvalue weighted by Crippen LogP contribution is -2.31. The number of carbonyl (C=O) groups excluding carboxylic acids is 1. The molecule has 1 saturated heterocycles. The van der Waals surface area contributed by atoms with Crippen molar-refractivity contribution in [1.29, 1.82) is 0 Å². The summed E-state index contributed by atoms with van der Waals surface area (Å²) in [6, 6.07) is 29.6. The SMILES string of the molecule is O=C(O)CCC(=O)NCc1ccccc1-c1ccc([C@@H]2O[C@H](CSc3ccccn3)C[C@H](c3ccc(CO)cc3)O2)cc1. The van der Waals surface area contributed by atoms with Crippen molar-refractivity contribution in [3.63, 3.8) is 0 Å². The molecule has 0 radical (unpaired) electrons. The van der Waals surface area contributed by atoms with Gasteiger partial charge in [-0.1, -0.05) is 78.9 Å². The molecular weight excluding hydrogens is 564 g/mol. The largest absolute Gasteiger partial charge is 0.481 e. The van der Waals surface area contributed by atoms with Crippen molar-refractivity contribution in [1.82, 2.24) is 10.3 Å². The average Bonchev–Trinajstić information content (AvgIpc) is 3.06. The number of amides is 1. The monoisotopic (exact) mass is 598 g/mol. The van der Waals surface area contributed by atoms with E-state index in [1.807, 2.05) is 91.0 Å². The number of hydrogen-bond donors (Lipinski definition) is 3. The highest BCUT2D eigenvalue weighted by Gasteiger charge is 2.32. The second-order valence-corrected chi connectivity index (χ2v) is 11.3. The highest BCUT2D eigenvalue weighted by Crippen LogP contribution is 2.40.